The molecule has 4 nitrogen and oxygen atoms in total. The van der Waals surface area contributed by atoms with Crippen molar-refractivity contribution in [3.8, 4) is 0 Å². The third-order valence-electron chi connectivity index (χ3n) is 2.63. The SMILES string of the molecule is CC(=O)N1CC/C(=N\O)c2cc(Br)ccc21. The summed E-state index contributed by atoms with van der Waals surface area (Å²) in [6, 6.07) is 5.58. The van der Waals surface area contributed by atoms with Gasteiger partial charge in [0.05, 0.1) is 11.4 Å². The van der Waals surface area contributed by atoms with E-state index in [1.54, 1.807) is 4.90 Å². The number of benzene rings is 1. The second-order valence-corrected chi connectivity index (χ2v) is 4.54. The molecule has 1 N–H and O–H groups in total. The van der Waals surface area contributed by atoms with Crippen molar-refractivity contribution < 1.29 is 10.0 Å². The Morgan fingerprint density at radius 3 is 2.94 bits per heavy atom. The molecule has 0 atom stereocenters. The summed E-state index contributed by atoms with van der Waals surface area (Å²) in [7, 11) is 0. The first-order chi connectivity index (χ1) is 7.63. The molecule has 0 saturated heterocycles. The third-order valence-corrected chi connectivity index (χ3v) is 3.13. The Morgan fingerprint density at radius 2 is 2.31 bits per heavy atom. The van der Waals surface area contributed by atoms with Gasteiger partial charge >= 0.3 is 0 Å². The highest BCUT2D eigenvalue weighted by Gasteiger charge is 2.24. The van der Waals surface area contributed by atoms with E-state index in [2.05, 4.69) is 21.1 Å². The highest BCUT2D eigenvalue weighted by atomic mass is 79.9. The fourth-order valence-corrected chi connectivity index (χ4v) is 2.24. The zero-order valence-corrected chi connectivity index (χ0v) is 10.4. The number of oxime groups is 1. The van der Waals surface area contributed by atoms with Crippen molar-refractivity contribution in [2.75, 3.05) is 11.4 Å². The second-order valence-electron chi connectivity index (χ2n) is 3.63. The van der Waals surface area contributed by atoms with E-state index < -0.39 is 0 Å². The minimum atomic E-state index is 0.000521. The number of rotatable bonds is 0. The number of carbonyl (C=O) groups is 1. The zero-order valence-electron chi connectivity index (χ0n) is 8.77. The lowest BCUT2D eigenvalue weighted by Crippen LogP contribution is -2.35. The van der Waals surface area contributed by atoms with Crippen LogP contribution in [0, 0.1) is 0 Å². The van der Waals surface area contributed by atoms with Crippen molar-refractivity contribution in [2.24, 2.45) is 5.16 Å². The maximum Gasteiger partial charge on any atom is 0.223 e. The van der Waals surface area contributed by atoms with E-state index in [4.69, 9.17) is 5.21 Å². The number of nitrogens with zero attached hydrogens (tertiary/aromatic N) is 2. The molecule has 16 heavy (non-hydrogen) atoms. The van der Waals surface area contributed by atoms with Crippen molar-refractivity contribution in [1.82, 2.24) is 0 Å². The van der Waals surface area contributed by atoms with Crippen LogP contribution >= 0.6 is 15.9 Å². The van der Waals surface area contributed by atoms with E-state index in [1.807, 2.05) is 18.2 Å². The van der Waals surface area contributed by atoms with Gasteiger partial charge < -0.3 is 10.1 Å². The number of amides is 1. The van der Waals surface area contributed by atoms with Gasteiger partial charge in [0.2, 0.25) is 5.91 Å². The maximum atomic E-state index is 11.5. The zero-order chi connectivity index (χ0) is 11.7. The molecule has 1 aliphatic heterocycles. The van der Waals surface area contributed by atoms with Crippen molar-refractivity contribution in [2.45, 2.75) is 13.3 Å². The maximum absolute atomic E-state index is 11.5. The first kappa shape index (κ1) is 11.1. The molecular formula is C11H11BrN2O2. The lowest BCUT2D eigenvalue weighted by atomic mass is 10.00. The number of fused-ring (bicyclic) bond motifs is 1. The molecule has 0 spiro atoms. The molecule has 0 unspecified atom stereocenters. The summed E-state index contributed by atoms with van der Waals surface area (Å²) in [6.45, 7) is 2.09. The van der Waals surface area contributed by atoms with Gasteiger partial charge in [0.25, 0.3) is 0 Å². The fourth-order valence-electron chi connectivity index (χ4n) is 1.88. The van der Waals surface area contributed by atoms with E-state index >= 15 is 0 Å². The van der Waals surface area contributed by atoms with Gasteiger partial charge in [-0.05, 0) is 18.2 Å². The van der Waals surface area contributed by atoms with Crippen LogP contribution in [0.15, 0.2) is 27.8 Å². The Bertz CT molecular complexity index is 471. The standard InChI is InChI=1S/C11H11BrN2O2/c1-7(15)14-5-4-10(13-16)9-6-8(12)2-3-11(9)14/h2-3,6,16H,4-5H2,1H3/b13-10+. The molecule has 5 heteroatoms. The number of anilines is 1. The number of hydrogen-bond donors (Lipinski definition) is 1. The van der Waals surface area contributed by atoms with Crippen molar-refractivity contribution in [3.63, 3.8) is 0 Å². The summed E-state index contributed by atoms with van der Waals surface area (Å²) < 4.78 is 0.901. The van der Waals surface area contributed by atoms with Gasteiger partial charge in [-0.15, -0.1) is 0 Å². The van der Waals surface area contributed by atoms with E-state index in [0.717, 1.165) is 15.7 Å². The molecule has 1 aromatic rings. The molecule has 1 amide bonds. The monoisotopic (exact) mass is 282 g/mol. The summed E-state index contributed by atoms with van der Waals surface area (Å²) in [5.74, 6) is 0.000521. The topological polar surface area (TPSA) is 52.9 Å². The predicted octanol–water partition coefficient (Wildman–Crippen LogP) is 2.38. The molecule has 0 aromatic heterocycles. The van der Waals surface area contributed by atoms with Gasteiger partial charge in [0, 0.05) is 29.9 Å². The van der Waals surface area contributed by atoms with Crippen LogP contribution in [0.25, 0.3) is 0 Å². The molecule has 1 heterocycles. The second kappa shape index (κ2) is 4.25. The van der Waals surface area contributed by atoms with Crippen LogP contribution in [0.4, 0.5) is 5.69 Å². The molecule has 0 saturated carbocycles. The van der Waals surface area contributed by atoms with E-state index in [1.165, 1.54) is 6.92 Å². The van der Waals surface area contributed by atoms with Crippen molar-refractivity contribution >= 4 is 33.2 Å². The molecule has 0 bridgehead atoms. The molecule has 0 radical (unpaired) electrons. The Morgan fingerprint density at radius 1 is 1.56 bits per heavy atom. The quantitative estimate of drug-likeness (QED) is 0.587. The number of carbonyl (C=O) groups excluding carboxylic acids is 1. The average molecular weight is 283 g/mol. The van der Waals surface area contributed by atoms with E-state index in [-0.39, 0.29) is 5.91 Å². The van der Waals surface area contributed by atoms with Gasteiger partial charge in [-0.1, -0.05) is 21.1 Å². The normalized spacial score (nSPS) is 17.4. The summed E-state index contributed by atoms with van der Waals surface area (Å²) in [5.41, 5.74) is 2.22. The Labute approximate surface area is 102 Å². The van der Waals surface area contributed by atoms with Crippen LogP contribution in [-0.2, 0) is 4.79 Å². The van der Waals surface area contributed by atoms with Gasteiger partial charge in [-0.25, -0.2) is 0 Å². The van der Waals surface area contributed by atoms with Gasteiger partial charge in [-0.2, -0.15) is 0 Å². The van der Waals surface area contributed by atoms with Crippen LogP contribution in [0.5, 0.6) is 0 Å². The predicted molar refractivity (Wildman–Crippen MR) is 65.1 cm³/mol. The highest BCUT2D eigenvalue weighted by molar-refractivity contribution is 9.10. The van der Waals surface area contributed by atoms with Crippen molar-refractivity contribution in [1.29, 1.82) is 0 Å². The first-order valence-electron chi connectivity index (χ1n) is 4.92. The summed E-state index contributed by atoms with van der Waals surface area (Å²) >= 11 is 3.36. The van der Waals surface area contributed by atoms with Crippen molar-refractivity contribution in [3.05, 3.63) is 28.2 Å². The van der Waals surface area contributed by atoms with E-state index in [9.17, 15) is 4.79 Å². The summed E-state index contributed by atoms with van der Waals surface area (Å²) in [4.78, 5) is 13.1. The minimum Gasteiger partial charge on any atom is -0.411 e. The highest BCUT2D eigenvalue weighted by Crippen LogP contribution is 2.30. The van der Waals surface area contributed by atoms with Crippen LogP contribution in [0.3, 0.4) is 0 Å². The smallest absolute Gasteiger partial charge is 0.223 e. The third kappa shape index (κ3) is 1.82. The Hall–Kier alpha value is -1.36. The molecule has 2 rings (SSSR count). The molecule has 1 aliphatic rings. The molecule has 84 valence electrons. The van der Waals surface area contributed by atoms with Crippen LogP contribution < -0.4 is 4.90 Å². The molecule has 0 aliphatic carbocycles. The van der Waals surface area contributed by atoms with Crippen LogP contribution in [0.1, 0.15) is 18.9 Å². The average Bonchev–Trinajstić information content (AvgIpc) is 2.27. The molecular weight excluding hydrogens is 272 g/mol. The first-order valence-corrected chi connectivity index (χ1v) is 5.71. The lowest BCUT2D eigenvalue weighted by Gasteiger charge is -2.28. The number of hydrogen-bond acceptors (Lipinski definition) is 3. The summed E-state index contributed by atoms with van der Waals surface area (Å²) in [6.07, 6.45) is 0.569. The molecule has 0 fully saturated rings. The van der Waals surface area contributed by atoms with E-state index in [0.29, 0.717) is 18.7 Å². The minimum absolute atomic E-state index is 0.000521. The van der Waals surface area contributed by atoms with Gasteiger partial charge in [-0.3, -0.25) is 4.79 Å². The van der Waals surface area contributed by atoms with Crippen LogP contribution in [-0.4, -0.2) is 23.4 Å². The van der Waals surface area contributed by atoms with Crippen LogP contribution in [0.2, 0.25) is 0 Å². The lowest BCUT2D eigenvalue weighted by molar-refractivity contribution is -0.116. The molecule has 1 aromatic carbocycles. The number of halogens is 1. The Kier molecular flexibility index (Phi) is 2.96. The largest absolute Gasteiger partial charge is 0.411 e. The summed E-state index contributed by atoms with van der Waals surface area (Å²) in [5, 5.41) is 12.2. The fraction of sp³-hybridized carbons (Fsp3) is 0.273. The van der Waals surface area contributed by atoms with Gasteiger partial charge in [0.15, 0.2) is 0 Å². The van der Waals surface area contributed by atoms with Gasteiger partial charge in [0.1, 0.15) is 0 Å². The Balaban J connectivity index is 2.57.